The molecule has 1 aliphatic rings. The number of aliphatic hydroxyl groups excluding tert-OH is 1. The summed E-state index contributed by atoms with van der Waals surface area (Å²) in [6.07, 6.45) is 0. The van der Waals surface area contributed by atoms with E-state index >= 15 is 0 Å². The van der Waals surface area contributed by atoms with E-state index in [4.69, 9.17) is 13.9 Å². The molecule has 1 amide bonds. The number of hydrogen-bond donors (Lipinski definition) is 1. The molecule has 0 saturated carbocycles. The highest BCUT2D eigenvalue weighted by molar-refractivity contribution is 6.16. The number of carbonyl (C=O) groups is 2. The highest BCUT2D eigenvalue weighted by Gasteiger charge is 2.44. The van der Waals surface area contributed by atoms with E-state index in [0.717, 1.165) is 24.0 Å². The van der Waals surface area contributed by atoms with E-state index in [1.807, 2.05) is 19.1 Å². The van der Waals surface area contributed by atoms with Gasteiger partial charge in [0.05, 0.1) is 25.8 Å². The molecule has 1 unspecified atom stereocenters. The Hall–Kier alpha value is -3.78. The second-order valence-corrected chi connectivity index (χ2v) is 8.79. The summed E-state index contributed by atoms with van der Waals surface area (Å²) in [6.45, 7) is 8.64. The molecular formula is C28H32N2O6. The molecule has 190 valence electrons. The number of benzene rings is 2. The first-order valence-electron chi connectivity index (χ1n) is 12.1. The Morgan fingerprint density at radius 3 is 2.44 bits per heavy atom. The normalized spacial score (nSPS) is 15.9. The quantitative estimate of drug-likeness (QED) is 0.411. The maximum absolute atomic E-state index is 13.8. The van der Waals surface area contributed by atoms with Crippen LogP contribution >= 0.6 is 0 Å². The van der Waals surface area contributed by atoms with Crippen LogP contribution in [0.4, 0.5) is 0 Å². The second kappa shape index (κ2) is 10.5. The third-order valence-electron chi connectivity index (χ3n) is 6.72. The van der Waals surface area contributed by atoms with Gasteiger partial charge in [-0.3, -0.25) is 9.59 Å². The van der Waals surface area contributed by atoms with E-state index in [1.165, 1.54) is 19.1 Å². The van der Waals surface area contributed by atoms with Gasteiger partial charge in [-0.25, -0.2) is 0 Å². The van der Waals surface area contributed by atoms with Crippen LogP contribution in [0, 0.1) is 6.92 Å². The van der Waals surface area contributed by atoms with E-state index in [2.05, 4.69) is 18.7 Å². The molecule has 1 atom stereocenters. The van der Waals surface area contributed by atoms with Gasteiger partial charge in [-0.2, -0.15) is 0 Å². The molecule has 3 aromatic rings. The highest BCUT2D eigenvalue weighted by atomic mass is 16.5. The number of ether oxygens (including phenoxy) is 2. The Labute approximate surface area is 210 Å². The number of carbonyl (C=O) groups excluding carboxylic acids is 2. The first-order valence-corrected chi connectivity index (χ1v) is 12.1. The Morgan fingerprint density at radius 1 is 1.06 bits per heavy atom. The molecule has 4 rings (SSSR count). The number of aryl methyl sites for hydroxylation is 1. The zero-order chi connectivity index (χ0) is 26.0. The van der Waals surface area contributed by atoms with Crippen LogP contribution in [-0.4, -0.2) is 67.0 Å². The number of hydrogen-bond acceptors (Lipinski definition) is 7. The molecule has 0 spiro atoms. The number of furan rings is 1. The van der Waals surface area contributed by atoms with E-state index < -0.39 is 23.5 Å². The fourth-order valence-electron chi connectivity index (χ4n) is 4.68. The van der Waals surface area contributed by atoms with Gasteiger partial charge >= 0.3 is 0 Å². The average molecular weight is 493 g/mol. The number of amides is 1. The lowest BCUT2D eigenvalue weighted by molar-refractivity contribution is -0.129. The van der Waals surface area contributed by atoms with Gasteiger partial charge in [-0.05, 0) is 55.9 Å². The number of likely N-dealkylation sites (N-methyl/N-ethyl adjacent to an activating group) is 1. The number of methoxy groups -OCH3 is 2. The Bertz CT molecular complexity index is 1320. The zero-order valence-electron chi connectivity index (χ0n) is 21.3. The molecular weight excluding hydrogens is 460 g/mol. The Balaban J connectivity index is 1.79. The van der Waals surface area contributed by atoms with Gasteiger partial charge in [0, 0.05) is 18.5 Å². The standard InChI is InChI=1S/C28H32N2O6/c1-6-29(7-2)12-13-30-25(18-9-11-21(34-4)22(15-18)35-5)24(27(32)28(30)33)26(31)23-16-19-14-17(3)8-10-20(19)36-23/h8-11,14-16,25,32H,6-7,12-13H2,1-5H3. The summed E-state index contributed by atoms with van der Waals surface area (Å²) in [4.78, 5) is 30.8. The Morgan fingerprint density at radius 2 is 1.78 bits per heavy atom. The SMILES string of the molecule is CCN(CC)CCN1C(=O)C(O)=C(C(=O)c2cc3cc(C)ccc3o2)C1c1ccc(OC)c(OC)c1. The molecule has 8 nitrogen and oxygen atoms in total. The summed E-state index contributed by atoms with van der Waals surface area (Å²) in [7, 11) is 3.06. The summed E-state index contributed by atoms with van der Waals surface area (Å²) < 4.78 is 16.7. The largest absolute Gasteiger partial charge is 0.503 e. The van der Waals surface area contributed by atoms with Gasteiger partial charge in [0.15, 0.2) is 23.0 Å². The third-order valence-corrected chi connectivity index (χ3v) is 6.72. The van der Waals surface area contributed by atoms with Crippen molar-refractivity contribution >= 4 is 22.7 Å². The van der Waals surface area contributed by atoms with Crippen molar-refractivity contribution in [1.82, 2.24) is 9.80 Å². The topological polar surface area (TPSA) is 92.5 Å². The van der Waals surface area contributed by atoms with Crippen molar-refractivity contribution in [1.29, 1.82) is 0 Å². The maximum Gasteiger partial charge on any atom is 0.290 e. The lowest BCUT2D eigenvalue weighted by Crippen LogP contribution is -2.38. The lowest BCUT2D eigenvalue weighted by Gasteiger charge is -2.29. The minimum atomic E-state index is -0.810. The number of aliphatic hydroxyl groups is 1. The van der Waals surface area contributed by atoms with Gasteiger partial charge in [0.25, 0.3) is 5.91 Å². The first-order chi connectivity index (χ1) is 17.3. The van der Waals surface area contributed by atoms with Gasteiger partial charge in [0.1, 0.15) is 5.58 Å². The van der Waals surface area contributed by atoms with Crippen molar-refractivity contribution in [3.05, 3.63) is 70.7 Å². The van der Waals surface area contributed by atoms with E-state index in [0.29, 0.717) is 35.7 Å². The summed E-state index contributed by atoms with van der Waals surface area (Å²) in [5.74, 6) is -0.619. The molecule has 1 aliphatic heterocycles. The van der Waals surface area contributed by atoms with Crippen molar-refractivity contribution in [2.45, 2.75) is 26.8 Å². The van der Waals surface area contributed by atoms with Crippen LogP contribution in [0.25, 0.3) is 11.0 Å². The van der Waals surface area contributed by atoms with Crippen LogP contribution in [0.3, 0.4) is 0 Å². The smallest absolute Gasteiger partial charge is 0.290 e. The molecule has 0 saturated heterocycles. The van der Waals surface area contributed by atoms with Crippen LogP contribution < -0.4 is 9.47 Å². The van der Waals surface area contributed by atoms with Crippen LogP contribution in [-0.2, 0) is 4.79 Å². The van der Waals surface area contributed by atoms with E-state index in [1.54, 1.807) is 30.3 Å². The van der Waals surface area contributed by atoms with Gasteiger partial charge in [0.2, 0.25) is 5.78 Å². The maximum atomic E-state index is 13.8. The van der Waals surface area contributed by atoms with E-state index in [9.17, 15) is 14.7 Å². The van der Waals surface area contributed by atoms with Crippen molar-refractivity contribution in [2.24, 2.45) is 0 Å². The fraction of sp³-hybridized carbons (Fsp3) is 0.357. The summed E-state index contributed by atoms with van der Waals surface area (Å²) >= 11 is 0. The zero-order valence-corrected chi connectivity index (χ0v) is 21.3. The first kappa shape index (κ1) is 25.3. The van der Waals surface area contributed by atoms with Crippen LogP contribution in [0.15, 0.2) is 58.2 Å². The van der Waals surface area contributed by atoms with Crippen molar-refractivity contribution in [3.63, 3.8) is 0 Å². The Kier molecular flexibility index (Phi) is 7.35. The molecule has 0 radical (unpaired) electrons. The molecule has 1 aromatic heterocycles. The molecule has 2 aromatic carbocycles. The number of fused-ring (bicyclic) bond motifs is 1. The monoisotopic (exact) mass is 492 g/mol. The summed E-state index contributed by atoms with van der Waals surface area (Å²) in [6, 6.07) is 11.7. The summed E-state index contributed by atoms with van der Waals surface area (Å²) in [5, 5.41) is 11.8. The van der Waals surface area contributed by atoms with Gasteiger partial charge in [-0.1, -0.05) is 31.5 Å². The average Bonchev–Trinajstić information content (AvgIpc) is 3.42. The molecule has 2 heterocycles. The molecule has 36 heavy (non-hydrogen) atoms. The predicted octanol–water partition coefficient (Wildman–Crippen LogP) is 4.68. The molecule has 8 heteroatoms. The second-order valence-electron chi connectivity index (χ2n) is 8.79. The lowest BCUT2D eigenvalue weighted by atomic mass is 9.94. The summed E-state index contributed by atoms with van der Waals surface area (Å²) in [5.41, 5.74) is 2.21. The molecule has 1 N–H and O–H groups in total. The van der Waals surface area contributed by atoms with Crippen molar-refractivity contribution in [2.75, 3.05) is 40.4 Å². The van der Waals surface area contributed by atoms with Crippen molar-refractivity contribution < 1.29 is 28.6 Å². The van der Waals surface area contributed by atoms with Crippen molar-refractivity contribution in [3.8, 4) is 11.5 Å². The number of nitrogens with zero attached hydrogens (tertiary/aromatic N) is 2. The third kappa shape index (κ3) is 4.56. The van der Waals surface area contributed by atoms with Gasteiger partial charge < -0.3 is 28.8 Å². The van der Waals surface area contributed by atoms with Crippen LogP contribution in [0.2, 0.25) is 0 Å². The van der Waals surface area contributed by atoms with E-state index in [-0.39, 0.29) is 11.3 Å². The van der Waals surface area contributed by atoms with Gasteiger partial charge in [-0.15, -0.1) is 0 Å². The molecule has 0 bridgehead atoms. The fourth-order valence-corrected chi connectivity index (χ4v) is 4.68. The number of Topliss-reactive ketones (excluding diaryl/α,β-unsaturated/α-hetero) is 1. The predicted molar refractivity (Wildman–Crippen MR) is 137 cm³/mol. The number of ketones is 1. The van der Waals surface area contributed by atoms with Crippen LogP contribution in [0.5, 0.6) is 11.5 Å². The molecule has 0 aliphatic carbocycles. The minimum Gasteiger partial charge on any atom is -0.503 e. The molecule has 0 fully saturated rings. The van der Waals surface area contributed by atoms with Crippen LogP contribution in [0.1, 0.15) is 41.6 Å². The minimum absolute atomic E-state index is 0.0115. The number of rotatable bonds is 10. The highest BCUT2D eigenvalue weighted by Crippen LogP contribution is 2.42.